The fourth-order valence-electron chi connectivity index (χ4n) is 6.88. The summed E-state index contributed by atoms with van der Waals surface area (Å²) in [6.45, 7) is 7.34. The van der Waals surface area contributed by atoms with Crippen molar-refractivity contribution in [2.75, 3.05) is 43.1 Å². The van der Waals surface area contributed by atoms with Gasteiger partial charge in [-0.15, -0.1) is 0 Å². The van der Waals surface area contributed by atoms with Gasteiger partial charge in [-0.05, 0) is 59.7 Å². The lowest BCUT2D eigenvalue weighted by molar-refractivity contribution is 0.0302. The summed E-state index contributed by atoms with van der Waals surface area (Å²) in [7, 11) is 1.65. The highest BCUT2D eigenvalue weighted by atomic mass is 16.5. The molecule has 0 radical (unpaired) electrons. The van der Waals surface area contributed by atoms with Crippen molar-refractivity contribution in [2.24, 2.45) is 12.5 Å². The second kappa shape index (κ2) is 11.5. The molecule has 0 aromatic carbocycles. The van der Waals surface area contributed by atoms with Gasteiger partial charge in [-0.3, -0.25) is 19.3 Å². The maximum atomic E-state index is 13.8. The van der Waals surface area contributed by atoms with Crippen LogP contribution in [0.5, 0.6) is 0 Å². The van der Waals surface area contributed by atoms with E-state index in [-0.39, 0.29) is 35.1 Å². The van der Waals surface area contributed by atoms with Crippen molar-refractivity contribution in [3.63, 3.8) is 0 Å². The largest absolute Gasteiger partial charge is 0.392 e. The van der Waals surface area contributed by atoms with Crippen molar-refractivity contribution in [3.05, 3.63) is 87.4 Å². The molecule has 0 atom stereocenters. The smallest absolute Gasteiger partial charge is 0.276 e. The summed E-state index contributed by atoms with van der Waals surface area (Å²) in [4.78, 5) is 52.1. The average molecular weight is 624 g/mol. The summed E-state index contributed by atoms with van der Waals surface area (Å²) in [5.74, 6) is 0.562. The van der Waals surface area contributed by atoms with Gasteiger partial charge in [0.25, 0.3) is 17.4 Å². The maximum absolute atomic E-state index is 13.8. The van der Waals surface area contributed by atoms with E-state index in [0.29, 0.717) is 79.0 Å². The second-order valence-corrected chi connectivity index (χ2v) is 13.0. The number of fused-ring (bicyclic) bond motifs is 3. The molecule has 12 nitrogen and oxygen atoms in total. The minimum Gasteiger partial charge on any atom is -0.392 e. The average Bonchev–Trinajstić information content (AvgIpc) is 3.55. The van der Waals surface area contributed by atoms with Crippen molar-refractivity contribution in [1.82, 2.24) is 24.0 Å². The molecule has 2 N–H and O–H groups in total. The Hall–Kier alpha value is -4.81. The lowest BCUT2D eigenvalue weighted by Crippen LogP contribution is -2.41. The molecule has 4 aromatic rings. The van der Waals surface area contributed by atoms with Gasteiger partial charge in [0, 0.05) is 68.6 Å². The van der Waals surface area contributed by atoms with Crippen LogP contribution in [0.2, 0.25) is 0 Å². The van der Waals surface area contributed by atoms with Crippen LogP contribution >= 0.6 is 0 Å². The summed E-state index contributed by atoms with van der Waals surface area (Å²) in [5, 5.41) is 13.7. The molecule has 0 spiro atoms. The molecule has 0 bridgehead atoms. The number of anilines is 3. The van der Waals surface area contributed by atoms with Crippen molar-refractivity contribution in [2.45, 2.75) is 39.8 Å². The highest BCUT2D eigenvalue weighted by molar-refractivity contribution is 6.06. The molecule has 4 aromatic heterocycles. The van der Waals surface area contributed by atoms with Crippen LogP contribution in [0.15, 0.2) is 53.7 Å². The van der Waals surface area contributed by atoms with E-state index in [1.165, 1.54) is 22.0 Å². The Morgan fingerprint density at radius 3 is 2.59 bits per heavy atom. The highest BCUT2D eigenvalue weighted by Crippen LogP contribution is 2.40. The number of aromatic nitrogens is 4. The lowest BCUT2D eigenvalue weighted by atomic mass is 9.90. The molecule has 1 fully saturated rings. The first-order chi connectivity index (χ1) is 22.1. The number of ether oxygens (including phenoxy) is 1. The number of nitrogens with one attached hydrogen (secondary N) is 1. The van der Waals surface area contributed by atoms with Gasteiger partial charge in [0.05, 0.1) is 25.4 Å². The van der Waals surface area contributed by atoms with E-state index >= 15 is 0 Å². The molecule has 46 heavy (non-hydrogen) atoms. The zero-order valence-electron chi connectivity index (χ0n) is 26.2. The number of carbonyl (C=O) groups excluding carboxylic acids is 2. The summed E-state index contributed by atoms with van der Waals surface area (Å²) >= 11 is 0. The Bertz CT molecular complexity index is 1900. The van der Waals surface area contributed by atoms with E-state index in [4.69, 9.17) is 4.74 Å². The number of nitrogens with zero attached hydrogens (tertiary/aromatic N) is 6. The van der Waals surface area contributed by atoms with Crippen LogP contribution in [0.25, 0.3) is 11.1 Å². The summed E-state index contributed by atoms with van der Waals surface area (Å²) in [6, 6.07) is 8.84. The Kier molecular flexibility index (Phi) is 7.48. The van der Waals surface area contributed by atoms with Crippen LogP contribution in [-0.2, 0) is 37.8 Å². The molecule has 0 saturated carbocycles. The maximum Gasteiger partial charge on any atom is 0.276 e. The number of aliphatic hydroxyl groups is 1. The number of hydrogen-bond donors (Lipinski definition) is 2. The van der Waals surface area contributed by atoms with Gasteiger partial charge >= 0.3 is 0 Å². The number of hydrogen-bond acceptors (Lipinski definition) is 8. The van der Waals surface area contributed by atoms with Crippen LogP contribution < -0.4 is 15.8 Å². The number of pyridine rings is 3. The van der Waals surface area contributed by atoms with Gasteiger partial charge in [-0.25, -0.2) is 9.97 Å². The Balaban J connectivity index is 1.17. The van der Waals surface area contributed by atoms with Gasteiger partial charge in [-0.2, -0.15) is 0 Å². The van der Waals surface area contributed by atoms with E-state index in [1.54, 1.807) is 53.5 Å². The van der Waals surface area contributed by atoms with E-state index in [9.17, 15) is 19.5 Å². The van der Waals surface area contributed by atoms with Crippen molar-refractivity contribution in [1.29, 1.82) is 0 Å². The molecule has 1 aliphatic carbocycles. The number of aliphatic hydroxyl groups excluding tert-OH is 1. The zero-order valence-corrected chi connectivity index (χ0v) is 26.2. The fourth-order valence-corrected chi connectivity index (χ4v) is 6.88. The molecule has 2 amide bonds. The Morgan fingerprint density at radius 2 is 1.85 bits per heavy atom. The molecule has 1 saturated heterocycles. The number of rotatable bonds is 6. The molecule has 7 rings (SSSR count). The molecule has 6 heterocycles. The predicted molar refractivity (Wildman–Crippen MR) is 172 cm³/mol. The van der Waals surface area contributed by atoms with Gasteiger partial charge < -0.3 is 29.2 Å². The third-order valence-corrected chi connectivity index (χ3v) is 9.14. The quantitative estimate of drug-likeness (QED) is 0.335. The van der Waals surface area contributed by atoms with Crippen LogP contribution in [-0.4, -0.2) is 73.8 Å². The molecule has 2 aliphatic heterocycles. The van der Waals surface area contributed by atoms with Crippen LogP contribution in [0, 0.1) is 5.41 Å². The van der Waals surface area contributed by atoms with Gasteiger partial charge in [0.1, 0.15) is 23.0 Å². The van der Waals surface area contributed by atoms with Crippen molar-refractivity contribution >= 4 is 29.1 Å². The van der Waals surface area contributed by atoms with Crippen molar-refractivity contribution < 1.29 is 19.4 Å². The lowest BCUT2D eigenvalue weighted by Gasteiger charge is -2.31. The molecule has 0 unspecified atom stereocenters. The van der Waals surface area contributed by atoms with E-state index in [0.717, 1.165) is 12.8 Å². The van der Waals surface area contributed by atoms with E-state index in [1.807, 2.05) is 6.07 Å². The minimum absolute atomic E-state index is 0.112. The highest BCUT2D eigenvalue weighted by Gasteiger charge is 2.37. The Morgan fingerprint density at radius 1 is 1.04 bits per heavy atom. The fraction of sp³-hybridized carbons (Fsp3) is 0.382. The topological polar surface area (TPSA) is 135 Å². The van der Waals surface area contributed by atoms with Crippen molar-refractivity contribution in [3.8, 4) is 11.1 Å². The van der Waals surface area contributed by atoms with Crippen LogP contribution in [0.1, 0.15) is 51.5 Å². The van der Waals surface area contributed by atoms with E-state index < -0.39 is 0 Å². The monoisotopic (exact) mass is 623 g/mol. The zero-order chi connectivity index (χ0) is 32.2. The number of carbonyl (C=O) groups is 2. The molecular weight excluding hydrogens is 586 g/mol. The van der Waals surface area contributed by atoms with Crippen LogP contribution in [0.3, 0.4) is 0 Å². The van der Waals surface area contributed by atoms with Crippen LogP contribution in [0.4, 0.5) is 17.3 Å². The summed E-state index contributed by atoms with van der Waals surface area (Å²) in [6.07, 6.45) is 6.70. The standard InChI is InChI=1S/C34H37N7O5/c1-34(2)16-22-15-27-33(45)41(9-8-40(27)28(22)17-34)30-25(20-42)24(6-7-35-30)23-14-26(32(44)38(3)19-23)37-29-5-4-21(18-36-29)31(43)39-10-12-46-13-11-39/h4-7,14-15,18-19,42H,8-13,16-17,20H2,1-3H3,(H,36,37). The summed E-state index contributed by atoms with van der Waals surface area (Å²) in [5.41, 5.74) is 5.59. The third kappa shape index (κ3) is 5.27. The minimum atomic E-state index is -0.347. The second-order valence-electron chi connectivity index (χ2n) is 13.0. The predicted octanol–water partition coefficient (Wildman–Crippen LogP) is 3.14. The van der Waals surface area contributed by atoms with Gasteiger partial charge in [0.15, 0.2) is 0 Å². The van der Waals surface area contributed by atoms with Gasteiger partial charge in [0.2, 0.25) is 0 Å². The Labute approximate surface area is 266 Å². The molecule has 3 aliphatic rings. The number of aryl methyl sites for hydroxylation is 1. The first-order valence-electron chi connectivity index (χ1n) is 15.6. The third-order valence-electron chi connectivity index (χ3n) is 9.14. The first kappa shape index (κ1) is 29.9. The molecular formula is C34H37N7O5. The number of morpholine rings is 1. The first-order valence-corrected chi connectivity index (χ1v) is 15.6. The van der Waals surface area contributed by atoms with E-state index in [2.05, 4.69) is 33.7 Å². The summed E-state index contributed by atoms with van der Waals surface area (Å²) < 4.78 is 8.94. The molecule has 12 heteroatoms. The normalized spacial score (nSPS) is 17.2. The number of amides is 2. The van der Waals surface area contributed by atoms with Gasteiger partial charge in [-0.1, -0.05) is 13.8 Å². The molecule has 238 valence electrons. The SMILES string of the molecule is Cn1cc(-c2ccnc(N3CCn4c(cc5c4CC(C)(C)C5)C3=O)c2CO)cc(Nc2ccc(C(=O)N3CCOCC3)cn2)c1=O.